The smallest absolute Gasteiger partial charge is 0.319 e. The molecule has 2 atom stereocenters. The van der Waals surface area contributed by atoms with Crippen LogP contribution in [0.3, 0.4) is 0 Å². The van der Waals surface area contributed by atoms with E-state index in [-0.39, 0.29) is 17.3 Å². The fourth-order valence-electron chi connectivity index (χ4n) is 1.73. The zero-order valence-corrected chi connectivity index (χ0v) is 11.3. The molecule has 0 bridgehead atoms. The standard InChI is InChI=1S/C14H18O3S/c1-11(14(15)17-13-7-8-16-9-13)18-10-12-5-3-2-4-6-12/h2-6,11,13H,7-10H2,1H3/t11-,13+/m0/s1. The van der Waals surface area contributed by atoms with Gasteiger partial charge in [0, 0.05) is 12.2 Å². The molecular weight excluding hydrogens is 248 g/mol. The molecule has 4 heteroatoms. The van der Waals surface area contributed by atoms with Gasteiger partial charge in [0.05, 0.1) is 18.5 Å². The predicted molar refractivity (Wildman–Crippen MR) is 72.5 cm³/mol. The van der Waals surface area contributed by atoms with Gasteiger partial charge in [-0.2, -0.15) is 0 Å². The summed E-state index contributed by atoms with van der Waals surface area (Å²) in [5.41, 5.74) is 1.23. The molecule has 1 aromatic rings. The summed E-state index contributed by atoms with van der Waals surface area (Å²) in [6.07, 6.45) is 0.777. The summed E-state index contributed by atoms with van der Waals surface area (Å²) in [6.45, 7) is 3.14. The molecule has 0 amide bonds. The Morgan fingerprint density at radius 1 is 1.50 bits per heavy atom. The quantitative estimate of drug-likeness (QED) is 0.768. The second kappa shape index (κ2) is 6.81. The largest absolute Gasteiger partial charge is 0.459 e. The van der Waals surface area contributed by atoms with Crippen molar-refractivity contribution in [3.63, 3.8) is 0 Å². The van der Waals surface area contributed by atoms with Crippen molar-refractivity contribution < 1.29 is 14.3 Å². The highest BCUT2D eigenvalue weighted by Gasteiger charge is 2.23. The lowest BCUT2D eigenvalue weighted by molar-refractivity contribution is -0.147. The molecule has 0 radical (unpaired) electrons. The van der Waals surface area contributed by atoms with E-state index in [1.165, 1.54) is 5.56 Å². The van der Waals surface area contributed by atoms with E-state index in [0.717, 1.165) is 12.2 Å². The van der Waals surface area contributed by atoms with E-state index >= 15 is 0 Å². The monoisotopic (exact) mass is 266 g/mol. The minimum atomic E-state index is -0.134. The topological polar surface area (TPSA) is 35.5 Å². The van der Waals surface area contributed by atoms with Crippen molar-refractivity contribution in [2.24, 2.45) is 0 Å². The molecule has 2 rings (SSSR count). The molecule has 1 aliphatic rings. The number of hydrogen-bond donors (Lipinski definition) is 0. The van der Waals surface area contributed by atoms with Gasteiger partial charge in [0.25, 0.3) is 0 Å². The van der Waals surface area contributed by atoms with Crippen molar-refractivity contribution in [1.29, 1.82) is 0 Å². The van der Waals surface area contributed by atoms with Gasteiger partial charge in [0.15, 0.2) is 0 Å². The molecule has 0 N–H and O–H groups in total. The van der Waals surface area contributed by atoms with Crippen molar-refractivity contribution in [1.82, 2.24) is 0 Å². The maximum absolute atomic E-state index is 11.8. The molecular formula is C14H18O3S. The molecule has 1 aromatic carbocycles. The zero-order valence-electron chi connectivity index (χ0n) is 10.5. The van der Waals surface area contributed by atoms with Gasteiger partial charge in [-0.1, -0.05) is 30.3 Å². The van der Waals surface area contributed by atoms with Gasteiger partial charge in [-0.05, 0) is 12.5 Å². The van der Waals surface area contributed by atoms with Crippen molar-refractivity contribution in [2.45, 2.75) is 30.5 Å². The van der Waals surface area contributed by atoms with Gasteiger partial charge >= 0.3 is 5.97 Å². The fraction of sp³-hybridized carbons (Fsp3) is 0.500. The van der Waals surface area contributed by atoms with Gasteiger partial charge < -0.3 is 9.47 Å². The van der Waals surface area contributed by atoms with Gasteiger partial charge in [0.1, 0.15) is 6.10 Å². The summed E-state index contributed by atoms with van der Waals surface area (Å²) in [6, 6.07) is 10.1. The van der Waals surface area contributed by atoms with Gasteiger partial charge in [-0.25, -0.2) is 0 Å². The number of hydrogen-bond acceptors (Lipinski definition) is 4. The molecule has 18 heavy (non-hydrogen) atoms. The lowest BCUT2D eigenvalue weighted by atomic mass is 10.2. The van der Waals surface area contributed by atoms with E-state index in [1.54, 1.807) is 11.8 Å². The maximum atomic E-state index is 11.8. The molecule has 0 unspecified atom stereocenters. The Kier molecular flexibility index (Phi) is 5.08. The Bertz CT molecular complexity index is 374. The van der Waals surface area contributed by atoms with Crippen LogP contribution in [-0.4, -0.2) is 30.5 Å². The van der Waals surface area contributed by atoms with Crippen LogP contribution in [0.2, 0.25) is 0 Å². The minimum Gasteiger partial charge on any atom is -0.459 e. The molecule has 0 aromatic heterocycles. The van der Waals surface area contributed by atoms with Crippen molar-refractivity contribution >= 4 is 17.7 Å². The van der Waals surface area contributed by atoms with E-state index in [2.05, 4.69) is 12.1 Å². The summed E-state index contributed by atoms with van der Waals surface area (Å²) in [5, 5.41) is -0.134. The predicted octanol–water partition coefficient (Wildman–Crippen LogP) is 2.64. The Labute approximate surface area is 112 Å². The first-order chi connectivity index (χ1) is 8.75. The van der Waals surface area contributed by atoms with E-state index in [0.29, 0.717) is 13.2 Å². The SMILES string of the molecule is C[C@H](SCc1ccccc1)C(=O)O[C@@H]1CCOC1. The third-order valence-corrected chi connectivity index (χ3v) is 4.04. The van der Waals surface area contributed by atoms with E-state index in [9.17, 15) is 4.79 Å². The van der Waals surface area contributed by atoms with Crippen LogP contribution in [0.25, 0.3) is 0 Å². The number of esters is 1. The lowest BCUT2D eigenvalue weighted by Crippen LogP contribution is -2.24. The number of carbonyl (C=O) groups excluding carboxylic acids is 1. The molecule has 1 fully saturated rings. The summed E-state index contributed by atoms with van der Waals surface area (Å²) in [7, 11) is 0. The van der Waals surface area contributed by atoms with Crippen LogP contribution in [0.5, 0.6) is 0 Å². The van der Waals surface area contributed by atoms with Crippen LogP contribution in [0, 0.1) is 0 Å². The van der Waals surface area contributed by atoms with E-state index in [1.807, 2.05) is 25.1 Å². The summed E-state index contributed by atoms with van der Waals surface area (Å²) < 4.78 is 10.6. The number of carbonyl (C=O) groups is 1. The van der Waals surface area contributed by atoms with Gasteiger partial charge in [-0.15, -0.1) is 11.8 Å². The van der Waals surface area contributed by atoms with Crippen LogP contribution in [0.4, 0.5) is 0 Å². The van der Waals surface area contributed by atoms with Crippen molar-refractivity contribution in [3.8, 4) is 0 Å². The van der Waals surface area contributed by atoms with E-state index < -0.39 is 0 Å². The van der Waals surface area contributed by atoms with Crippen LogP contribution in [0.1, 0.15) is 18.9 Å². The summed E-state index contributed by atoms with van der Waals surface area (Å²) >= 11 is 1.61. The third-order valence-electron chi connectivity index (χ3n) is 2.85. The number of benzene rings is 1. The van der Waals surface area contributed by atoms with Crippen LogP contribution in [0.15, 0.2) is 30.3 Å². The first-order valence-corrected chi connectivity index (χ1v) is 7.24. The molecule has 0 saturated carbocycles. The molecule has 0 spiro atoms. The summed E-state index contributed by atoms with van der Waals surface area (Å²) in [5.74, 6) is 0.699. The van der Waals surface area contributed by atoms with Crippen molar-refractivity contribution in [3.05, 3.63) is 35.9 Å². The minimum absolute atomic E-state index is 0.0442. The highest BCUT2D eigenvalue weighted by molar-refractivity contribution is 7.99. The van der Waals surface area contributed by atoms with Crippen molar-refractivity contribution in [2.75, 3.05) is 13.2 Å². The second-order valence-corrected chi connectivity index (χ2v) is 5.69. The maximum Gasteiger partial charge on any atom is 0.319 e. The normalized spacial score (nSPS) is 20.6. The average Bonchev–Trinajstić information content (AvgIpc) is 2.90. The molecule has 1 heterocycles. The Balaban J connectivity index is 1.73. The van der Waals surface area contributed by atoms with Crippen LogP contribution >= 0.6 is 11.8 Å². The summed E-state index contributed by atoms with van der Waals surface area (Å²) in [4.78, 5) is 11.8. The fourth-order valence-corrected chi connectivity index (χ4v) is 2.56. The molecule has 3 nitrogen and oxygen atoms in total. The molecule has 1 aliphatic heterocycles. The number of rotatable bonds is 5. The highest BCUT2D eigenvalue weighted by Crippen LogP contribution is 2.20. The lowest BCUT2D eigenvalue weighted by Gasteiger charge is -2.14. The van der Waals surface area contributed by atoms with E-state index in [4.69, 9.17) is 9.47 Å². The van der Waals surface area contributed by atoms with Gasteiger partial charge in [0.2, 0.25) is 0 Å². The number of thioether (sulfide) groups is 1. The van der Waals surface area contributed by atoms with Crippen LogP contribution in [-0.2, 0) is 20.0 Å². The first kappa shape index (κ1) is 13.4. The Hall–Kier alpha value is -1.00. The Morgan fingerprint density at radius 3 is 2.94 bits per heavy atom. The average molecular weight is 266 g/mol. The third kappa shape index (κ3) is 4.03. The Morgan fingerprint density at radius 2 is 2.28 bits per heavy atom. The van der Waals surface area contributed by atoms with Crippen LogP contribution < -0.4 is 0 Å². The first-order valence-electron chi connectivity index (χ1n) is 6.19. The molecule has 98 valence electrons. The number of ether oxygens (including phenoxy) is 2. The second-order valence-electron chi connectivity index (χ2n) is 4.36. The molecule has 1 saturated heterocycles. The zero-order chi connectivity index (χ0) is 12.8. The van der Waals surface area contributed by atoms with Gasteiger partial charge in [-0.3, -0.25) is 4.79 Å². The molecule has 0 aliphatic carbocycles. The highest BCUT2D eigenvalue weighted by atomic mass is 32.2.